The molecular formula is C12H24N2OS. The molecule has 0 saturated carbocycles. The van der Waals surface area contributed by atoms with Crippen molar-refractivity contribution in [2.24, 2.45) is 0 Å². The molecule has 16 heavy (non-hydrogen) atoms. The Hall–Kier alpha value is -0.220. The van der Waals surface area contributed by atoms with Crippen molar-refractivity contribution in [3.8, 4) is 0 Å². The number of hydrogen-bond acceptors (Lipinski definition) is 3. The van der Waals surface area contributed by atoms with E-state index in [0.29, 0.717) is 17.1 Å². The molecule has 94 valence electrons. The van der Waals surface area contributed by atoms with Crippen molar-refractivity contribution in [1.82, 2.24) is 10.2 Å². The van der Waals surface area contributed by atoms with Crippen molar-refractivity contribution < 1.29 is 4.79 Å². The van der Waals surface area contributed by atoms with Crippen molar-refractivity contribution >= 4 is 17.7 Å². The van der Waals surface area contributed by atoms with Crippen LogP contribution in [-0.2, 0) is 4.79 Å². The highest BCUT2D eigenvalue weighted by Crippen LogP contribution is 2.24. The highest BCUT2D eigenvalue weighted by molar-refractivity contribution is 8.00. The highest BCUT2D eigenvalue weighted by Gasteiger charge is 2.16. The summed E-state index contributed by atoms with van der Waals surface area (Å²) in [5.41, 5.74) is 0. The Morgan fingerprint density at radius 1 is 1.31 bits per heavy atom. The maximum Gasteiger partial charge on any atom is 0.222 e. The third-order valence-corrected chi connectivity index (χ3v) is 3.90. The number of piperazine rings is 1. The van der Waals surface area contributed by atoms with Gasteiger partial charge >= 0.3 is 0 Å². The van der Waals surface area contributed by atoms with Gasteiger partial charge in [0.15, 0.2) is 0 Å². The number of rotatable bonds is 4. The van der Waals surface area contributed by atoms with Crippen LogP contribution in [0.5, 0.6) is 0 Å². The van der Waals surface area contributed by atoms with E-state index in [1.54, 1.807) is 0 Å². The van der Waals surface area contributed by atoms with Crippen LogP contribution in [0.4, 0.5) is 0 Å². The van der Waals surface area contributed by atoms with E-state index in [0.717, 1.165) is 38.4 Å². The zero-order valence-corrected chi connectivity index (χ0v) is 11.5. The molecule has 1 saturated heterocycles. The lowest BCUT2D eigenvalue weighted by atomic mass is 10.2. The standard InChI is InChI=1S/C12H24N2OS/c1-12(2,3)16-10-4-5-11(15)14-8-6-13-7-9-14/h13H,4-10H2,1-3H3. The first-order chi connectivity index (χ1) is 7.49. The molecule has 1 heterocycles. The molecule has 0 radical (unpaired) electrons. The number of amides is 1. The van der Waals surface area contributed by atoms with Crippen LogP contribution in [0.3, 0.4) is 0 Å². The molecule has 0 aromatic heterocycles. The predicted molar refractivity (Wildman–Crippen MR) is 70.9 cm³/mol. The van der Waals surface area contributed by atoms with E-state index in [2.05, 4.69) is 26.1 Å². The molecule has 0 aliphatic carbocycles. The largest absolute Gasteiger partial charge is 0.340 e. The first-order valence-electron chi connectivity index (χ1n) is 6.11. The zero-order chi connectivity index (χ0) is 12.0. The third-order valence-electron chi connectivity index (χ3n) is 2.54. The molecule has 1 amide bonds. The van der Waals surface area contributed by atoms with Crippen LogP contribution in [0.25, 0.3) is 0 Å². The van der Waals surface area contributed by atoms with Gasteiger partial charge in [0.2, 0.25) is 5.91 Å². The molecular weight excluding hydrogens is 220 g/mol. The van der Waals surface area contributed by atoms with Gasteiger partial charge in [0, 0.05) is 37.3 Å². The van der Waals surface area contributed by atoms with E-state index in [9.17, 15) is 4.79 Å². The third kappa shape index (κ3) is 5.75. The molecule has 1 aliphatic heterocycles. The Kier molecular flexibility index (Phi) is 5.62. The van der Waals surface area contributed by atoms with Gasteiger partial charge in [-0.1, -0.05) is 20.8 Å². The van der Waals surface area contributed by atoms with Crippen molar-refractivity contribution in [3.63, 3.8) is 0 Å². The first-order valence-corrected chi connectivity index (χ1v) is 7.10. The summed E-state index contributed by atoms with van der Waals surface area (Å²) in [4.78, 5) is 13.8. The molecule has 1 fully saturated rings. The minimum Gasteiger partial charge on any atom is -0.340 e. The van der Waals surface area contributed by atoms with Gasteiger partial charge < -0.3 is 10.2 Å². The molecule has 0 spiro atoms. The summed E-state index contributed by atoms with van der Waals surface area (Å²) >= 11 is 1.94. The van der Waals surface area contributed by atoms with Gasteiger partial charge in [-0.3, -0.25) is 4.79 Å². The fourth-order valence-electron chi connectivity index (χ4n) is 1.67. The van der Waals surface area contributed by atoms with E-state index in [4.69, 9.17) is 0 Å². The minimum atomic E-state index is 0.318. The predicted octanol–water partition coefficient (Wildman–Crippen LogP) is 1.73. The second-order valence-electron chi connectivity index (χ2n) is 5.20. The fourth-order valence-corrected chi connectivity index (χ4v) is 2.58. The molecule has 0 aromatic rings. The summed E-state index contributed by atoms with van der Waals surface area (Å²) < 4.78 is 0.318. The van der Waals surface area contributed by atoms with Crippen LogP contribution in [0.15, 0.2) is 0 Å². The Bertz CT molecular complexity index is 220. The van der Waals surface area contributed by atoms with Gasteiger partial charge in [-0.15, -0.1) is 0 Å². The smallest absolute Gasteiger partial charge is 0.222 e. The minimum absolute atomic E-state index is 0.318. The van der Waals surface area contributed by atoms with Crippen LogP contribution in [0.2, 0.25) is 0 Å². The number of thioether (sulfide) groups is 1. The molecule has 1 rings (SSSR count). The number of nitrogens with one attached hydrogen (secondary N) is 1. The van der Waals surface area contributed by atoms with Gasteiger partial charge in [0.25, 0.3) is 0 Å². The summed E-state index contributed by atoms with van der Waals surface area (Å²) in [6.45, 7) is 10.3. The summed E-state index contributed by atoms with van der Waals surface area (Å²) in [5.74, 6) is 1.41. The van der Waals surface area contributed by atoms with E-state index >= 15 is 0 Å². The molecule has 0 aromatic carbocycles. The molecule has 1 N–H and O–H groups in total. The van der Waals surface area contributed by atoms with Gasteiger partial charge in [-0.2, -0.15) is 11.8 Å². The topological polar surface area (TPSA) is 32.3 Å². The van der Waals surface area contributed by atoms with Crippen LogP contribution in [0, 0.1) is 0 Å². The number of carbonyl (C=O) groups excluding carboxylic acids is 1. The van der Waals surface area contributed by atoms with Crippen LogP contribution >= 0.6 is 11.8 Å². The van der Waals surface area contributed by atoms with Crippen molar-refractivity contribution in [1.29, 1.82) is 0 Å². The van der Waals surface area contributed by atoms with E-state index in [-0.39, 0.29) is 0 Å². The first kappa shape index (κ1) is 13.8. The normalized spacial score (nSPS) is 17.6. The van der Waals surface area contributed by atoms with E-state index < -0.39 is 0 Å². The monoisotopic (exact) mass is 244 g/mol. The Balaban J connectivity index is 2.10. The molecule has 0 bridgehead atoms. The molecule has 0 atom stereocenters. The molecule has 0 unspecified atom stereocenters. The summed E-state index contributed by atoms with van der Waals surface area (Å²) in [6.07, 6.45) is 1.72. The van der Waals surface area contributed by atoms with Gasteiger partial charge in [-0.05, 0) is 12.2 Å². The van der Waals surface area contributed by atoms with Gasteiger partial charge in [0.1, 0.15) is 0 Å². The Morgan fingerprint density at radius 3 is 2.50 bits per heavy atom. The second-order valence-corrected chi connectivity index (χ2v) is 7.12. The lowest BCUT2D eigenvalue weighted by molar-refractivity contribution is -0.131. The number of hydrogen-bond donors (Lipinski definition) is 1. The summed E-state index contributed by atoms with van der Waals surface area (Å²) in [5, 5.41) is 3.26. The van der Waals surface area contributed by atoms with Gasteiger partial charge in [0.05, 0.1) is 0 Å². The SMILES string of the molecule is CC(C)(C)SCCCC(=O)N1CCNCC1. The molecule has 3 nitrogen and oxygen atoms in total. The summed E-state index contributed by atoms with van der Waals surface area (Å²) in [7, 11) is 0. The lowest BCUT2D eigenvalue weighted by Crippen LogP contribution is -2.46. The van der Waals surface area contributed by atoms with Gasteiger partial charge in [-0.25, -0.2) is 0 Å². The quantitative estimate of drug-likeness (QED) is 0.764. The van der Waals surface area contributed by atoms with Crippen LogP contribution in [0.1, 0.15) is 33.6 Å². The maximum atomic E-state index is 11.8. The molecule has 4 heteroatoms. The van der Waals surface area contributed by atoms with E-state index in [1.165, 1.54) is 0 Å². The highest BCUT2D eigenvalue weighted by atomic mass is 32.2. The van der Waals surface area contributed by atoms with Crippen LogP contribution < -0.4 is 5.32 Å². The van der Waals surface area contributed by atoms with E-state index in [1.807, 2.05) is 16.7 Å². The fraction of sp³-hybridized carbons (Fsp3) is 0.917. The number of carbonyl (C=O) groups is 1. The lowest BCUT2D eigenvalue weighted by Gasteiger charge is -2.27. The van der Waals surface area contributed by atoms with Crippen molar-refractivity contribution in [2.45, 2.75) is 38.4 Å². The Morgan fingerprint density at radius 2 is 1.94 bits per heavy atom. The second kappa shape index (κ2) is 6.50. The summed E-state index contributed by atoms with van der Waals surface area (Å²) in [6, 6.07) is 0. The maximum absolute atomic E-state index is 11.8. The zero-order valence-electron chi connectivity index (χ0n) is 10.7. The average Bonchev–Trinajstić information content (AvgIpc) is 2.24. The molecule has 1 aliphatic rings. The van der Waals surface area contributed by atoms with Crippen LogP contribution in [-0.4, -0.2) is 47.5 Å². The Labute approximate surface area is 103 Å². The van der Waals surface area contributed by atoms with Crippen molar-refractivity contribution in [3.05, 3.63) is 0 Å². The average molecular weight is 244 g/mol. The van der Waals surface area contributed by atoms with Crippen molar-refractivity contribution in [2.75, 3.05) is 31.9 Å². The number of nitrogens with zero attached hydrogens (tertiary/aromatic N) is 1.